The minimum absolute atomic E-state index is 0.0607. The van der Waals surface area contributed by atoms with Crippen molar-refractivity contribution in [3.8, 4) is 0 Å². The summed E-state index contributed by atoms with van der Waals surface area (Å²) in [5.41, 5.74) is 0.633. The molecule has 4 heteroatoms. The maximum absolute atomic E-state index is 12.3. The molecule has 1 aromatic carbocycles. The summed E-state index contributed by atoms with van der Waals surface area (Å²) in [4.78, 5) is 16.7. The van der Waals surface area contributed by atoms with Crippen molar-refractivity contribution in [1.82, 2.24) is 10.3 Å². The number of nitrogens with one attached hydrogen (secondary N) is 2. The van der Waals surface area contributed by atoms with Crippen LogP contribution in [-0.4, -0.2) is 24.0 Å². The van der Waals surface area contributed by atoms with Crippen LogP contribution in [0.2, 0.25) is 0 Å². The van der Waals surface area contributed by atoms with Crippen LogP contribution in [0.15, 0.2) is 30.5 Å². The number of aromatic nitrogens is 1. The topological polar surface area (TPSA) is 54.0 Å². The predicted octanol–water partition coefficient (Wildman–Crippen LogP) is 3.44. The number of anilines is 1. The third-order valence-electron chi connectivity index (χ3n) is 3.25. The normalized spacial score (nSPS) is 10.9. The first-order chi connectivity index (χ1) is 10.1. The number of hydrogen-bond donors (Lipinski definition) is 2. The van der Waals surface area contributed by atoms with Crippen molar-refractivity contribution in [2.75, 3.05) is 18.4 Å². The van der Waals surface area contributed by atoms with Crippen molar-refractivity contribution in [3.05, 3.63) is 36.0 Å². The van der Waals surface area contributed by atoms with Gasteiger partial charge < -0.3 is 10.6 Å². The number of nitrogens with zero attached hydrogens (tertiary/aromatic N) is 1. The van der Waals surface area contributed by atoms with Crippen LogP contribution in [-0.2, 0) is 0 Å². The van der Waals surface area contributed by atoms with Crippen LogP contribution in [0.4, 0.5) is 5.82 Å². The first kappa shape index (κ1) is 15.3. The van der Waals surface area contributed by atoms with E-state index in [2.05, 4.69) is 36.4 Å². The van der Waals surface area contributed by atoms with Gasteiger partial charge in [-0.15, -0.1) is 0 Å². The lowest BCUT2D eigenvalue weighted by Gasteiger charge is -2.12. The molecule has 0 spiro atoms. The number of carbonyl (C=O) groups is 1. The van der Waals surface area contributed by atoms with Gasteiger partial charge in [0.05, 0.1) is 5.56 Å². The van der Waals surface area contributed by atoms with Gasteiger partial charge in [-0.05, 0) is 17.7 Å². The summed E-state index contributed by atoms with van der Waals surface area (Å²) in [6.45, 7) is 7.81. The second-order valence-electron chi connectivity index (χ2n) is 5.60. The number of carbonyl (C=O) groups excluding carboxylic acids is 1. The van der Waals surface area contributed by atoms with Gasteiger partial charge >= 0.3 is 0 Å². The Morgan fingerprint density at radius 2 is 1.95 bits per heavy atom. The fraction of sp³-hybridized carbons (Fsp3) is 0.412. The maximum atomic E-state index is 12.3. The van der Waals surface area contributed by atoms with Gasteiger partial charge in [0, 0.05) is 24.7 Å². The Balaban J connectivity index is 2.35. The lowest BCUT2D eigenvalue weighted by molar-refractivity contribution is 0.0950. The lowest BCUT2D eigenvalue weighted by Crippen LogP contribution is -2.27. The van der Waals surface area contributed by atoms with Crippen molar-refractivity contribution in [3.63, 3.8) is 0 Å². The van der Waals surface area contributed by atoms with Crippen molar-refractivity contribution < 1.29 is 4.79 Å². The standard InChI is InChI=1S/C17H23N3O/c1-4-9-18-16-14-8-6-5-7-13(14)15(11-19-16)17(21)20-10-12(2)3/h5-8,11-12H,4,9-10H2,1-3H3,(H,18,19)(H,20,21). The molecule has 21 heavy (non-hydrogen) atoms. The monoisotopic (exact) mass is 285 g/mol. The highest BCUT2D eigenvalue weighted by Gasteiger charge is 2.13. The largest absolute Gasteiger partial charge is 0.370 e. The number of benzene rings is 1. The van der Waals surface area contributed by atoms with E-state index in [0.29, 0.717) is 18.0 Å². The summed E-state index contributed by atoms with van der Waals surface area (Å²) in [7, 11) is 0. The molecule has 4 nitrogen and oxygen atoms in total. The number of rotatable bonds is 6. The lowest BCUT2D eigenvalue weighted by atomic mass is 10.1. The minimum atomic E-state index is -0.0607. The molecule has 0 fully saturated rings. The van der Waals surface area contributed by atoms with Crippen molar-refractivity contribution in [1.29, 1.82) is 0 Å². The van der Waals surface area contributed by atoms with Crippen LogP contribution in [0, 0.1) is 5.92 Å². The van der Waals surface area contributed by atoms with Gasteiger partial charge in [0.15, 0.2) is 0 Å². The zero-order valence-electron chi connectivity index (χ0n) is 12.9. The molecule has 0 aliphatic rings. The summed E-state index contributed by atoms with van der Waals surface area (Å²) < 4.78 is 0. The van der Waals surface area contributed by atoms with E-state index in [9.17, 15) is 4.79 Å². The van der Waals surface area contributed by atoms with Crippen LogP contribution in [0.1, 0.15) is 37.6 Å². The van der Waals surface area contributed by atoms with Gasteiger partial charge in [-0.3, -0.25) is 4.79 Å². The fourth-order valence-corrected chi connectivity index (χ4v) is 2.15. The second kappa shape index (κ2) is 7.07. The zero-order chi connectivity index (χ0) is 15.2. The Morgan fingerprint density at radius 1 is 1.24 bits per heavy atom. The molecule has 1 amide bonds. The Kier molecular flexibility index (Phi) is 5.14. The molecular weight excluding hydrogens is 262 g/mol. The Labute approximate surface area is 126 Å². The van der Waals surface area contributed by atoms with E-state index in [-0.39, 0.29) is 5.91 Å². The summed E-state index contributed by atoms with van der Waals surface area (Å²) in [5.74, 6) is 1.21. The fourth-order valence-electron chi connectivity index (χ4n) is 2.15. The summed E-state index contributed by atoms with van der Waals surface area (Å²) in [6, 6.07) is 7.89. The molecule has 0 aliphatic carbocycles. The highest BCUT2D eigenvalue weighted by atomic mass is 16.1. The van der Waals surface area contributed by atoms with Crippen LogP contribution in [0.5, 0.6) is 0 Å². The Bertz CT molecular complexity index is 622. The molecule has 0 radical (unpaired) electrons. The third-order valence-corrected chi connectivity index (χ3v) is 3.25. The molecule has 1 heterocycles. The van der Waals surface area contributed by atoms with E-state index >= 15 is 0 Å². The van der Waals surface area contributed by atoms with E-state index < -0.39 is 0 Å². The predicted molar refractivity (Wildman–Crippen MR) is 87.7 cm³/mol. The Morgan fingerprint density at radius 3 is 2.62 bits per heavy atom. The SMILES string of the molecule is CCCNc1ncc(C(=O)NCC(C)C)c2ccccc12. The van der Waals surface area contributed by atoms with Crippen LogP contribution < -0.4 is 10.6 Å². The zero-order valence-corrected chi connectivity index (χ0v) is 12.9. The third kappa shape index (κ3) is 3.72. The van der Waals surface area contributed by atoms with Crippen LogP contribution in [0.3, 0.4) is 0 Å². The molecule has 2 rings (SSSR count). The average molecular weight is 285 g/mol. The van der Waals surface area contributed by atoms with Gasteiger partial charge in [0.2, 0.25) is 0 Å². The Hall–Kier alpha value is -2.10. The summed E-state index contributed by atoms with van der Waals surface area (Å²) in [5, 5.41) is 8.19. The molecule has 0 saturated carbocycles. The van der Waals surface area contributed by atoms with E-state index in [1.807, 2.05) is 24.3 Å². The van der Waals surface area contributed by atoms with Crippen molar-refractivity contribution in [2.45, 2.75) is 27.2 Å². The van der Waals surface area contributed by atoms with Crippen LogP contribution in [0.25, 0.3) is 10.8 Å². The molecule has 0 saturated heterocycles. The van der Waals surface area contributed by atoms with E-state index in [1.165, 1.54) is 0 Å². The quantitative estimate of drug-likeness (QED) is 0.854. The molecule has 112 valence electrons. The van der Waals surface area contributed by atoms with Crippen molar-refractivity contribution >= 4 is 22.5 Å². The molecule has 0 bridgehead atoms. The number of pyridine rings is 1. The highest BCUT2D eigenvalue weighted by molar-refractivity contribution is 6.09. The molecular formula is C17H23N3O. The number of amides is 1. The molecule has 2 aromatic rings. The summed E-state index contributed by atoms with van der Waals surface area (Å²) >= 11 is 0. The molecule has 2 N–H and O–H groups in total. The van der Waals surface area contributed by atoms with E-state index in [1.54, 1.807) is 6.20 Å². The first-order valence-electron chi connectivity index (χ1n) is 7.53. The maximum Gasteiger partial charge on any atom is 0.253 e. The van der Waals surface area contributed by atoms with Gasteiger partial charge in [-0.25, -0.2) is 4.98 Å². The van der Waals surface area contributed by atoms with Gasteiger partial charge in [0.1, 0.15) is 5.82 Å². The second-order valence-corrected chi connectivity index (χ2v) is 5.60. The van der Waals surface area contributed by atoms with Crippen LogP contribution >= 0.6 is 0 Å². The average Bonchev–Trinajstić information content (AvgIpc) is 2.50. The molecule has 0 aliphatic heterocycles. The first-order valence-corrected chi connectivity index (χ1v) is 7.53. The minimum Gasteiger partial charge on any atom is -0.370 e. The summed E-state index contributed by atoms with van der Waals surface area (Å²) in [6.07, 6.45) is 2.70. The molecule has 1 aromatic heterocycles. The number of hydrogen-bond acceptors (Lipinski definition) is 3. The van der Waals surface area contributed by atoms with Gasteiger partial charge in [-0.1, -0.05) is 45.0 Å². The molecule has 0 atom stereocenters. The van der Waals surface area contributed by atoms with Gasteiger partial charge in [0.25, 0.3) is 5.91 Å². The van der Waals surface area contributed by atoms with E-state index in [4.69, 9.17) is 0 Å². The van der Waals surface area contributed by atoms with E-state index in [0.717, 1.165) is 29.6 Å². The highest BCUT2D eigenvalue weighted by Crippen LogP contribution is 2.24. The number of fused-ring (bicyclic) bond motifs is 1. The molecule has 0 unspecified atom stereocenters. The van der Waals surface area contributed by atoms with Crippen molar-refractivity contribution in [2.24, 2.45) is 5.92 Å². The smallest absolute Gasteiger partial charge is 0.253 e. The van der Waals surface area contributed by atoms with Gasteiger partial charge in [-0.2, -0.15) is 0 Å².